The van der Waals surface area contributed by atoms with Gasteiger partial charge in [-0.1, -0.05) is 0 Å². The lowest BCUT2D eigenvalue weighted by Gasteiger charge is -1.94. The van der Waals surface area contributed by atoms with Gasteiger partial charge in [-0.25, -0.2) is 4.98 Å². The Labute approximate surface area is 88.7 Å². The second kappa shape index (κ2) is 3.29. The van der Waals surface area contributed by atoms with E-state index in [9.17, 15) is 10.1 Å². The Bertz CT molecular complexity index is 597. The molecule has 0 radical (unpaired) electrons. The van der Waals surface area contributed by atoms with Crippen LogP contribution in [-0.4, -0.2) is 9.91 Å². The second-order valence-corrected chi connectivity index (χ2v) is 4.00. The Hall–Kier alpha value is -2.00. The first-order valence-corrected chi connectivity index (χ1v) is 4.89. The molecule has 74 valence electrons. The third-order valence-corrected chi connectivity index (χ3v) is 3.08. The van der Waals surface area contributed by atoms with Gasteiger partial charge in [0.05, 0.1) is 15.1 Å². The van der Waals surface area contributed by atoms with Gasteiger partial charge >= 0.3 is 0 Å². The van der Waals surface area contributed by atoms with E-state index in [1.165, 1.54) is 23.5 Å². The predicted octanol–water partition coefficient (Wildman–Crippen LogP) is 2.38. The molecule has 0 aliphatic rings. The highest BCUT2D eigenvalue weighted by molar-refractivity contribution is 7.19. The lowest BCUT2D eigenvalue weighted by Crippen LogP contribution is -1.88. The normalized spacial score (nSPS) is 10.1. The van der Waals surface area contributed by atoms with Gasteiger partial charge in [-0.15, -0.1) is 11.3 Å². The number of nitrogens with zero attached hydrogens (tertiary/aromatic N) is 3. The molecule has 0 amide bonds. The number of benzene rings is 1. The van der Waals surface area contributed by atoms with Crippen LogP contribution in [0.2, 0.25) is 0 Å². The molecule has 6 heteroatoms. The number of nitro groups is 1. The Morgan fingerprint density at radius 1 is 1.60 bits per heavy atom. The lowest BCUT2D eigenvalue weighted by atomic mass is 10.2. The molecule has 5 nitrogen and oxygen atoms in total. The number of aromatic nitrogens is 1. The fourth-order valence-electron chi connectivity index (χ4n) is 1.33. The van der Waals surface area contributed by atoms with E-state index in [1.54, 1.807) is 6.92 Å². The maximum Gasteiger partial charge on any atom is 0.271 e. The van der Waals surface area contributed by atoms with Gasteiger partial charge in [0.25, 0.3) is 5.69 Å². The number of non-ortho nitro benzene ring substituents is 1. The summed E-state index contributed by atoms with van der Waals surface area (Å²) in [5.74, 6) is 0. The van der Waals surface area contributed by atoms with Gasteiger partial charge in [-0.2, -0.15) is 5.26 Å². The van der Waals surface area contributed by atoms with Gasteiger partial charge in [-0.3, -0.25) is 10.1 Å². The predicted molar refractivity (Wildman–Crippen MR) is 55.7 cm³/mol. The molecule has 2 rings (SSSR count). The topological polar surface area (TPSA) is 79.8 Å². The zero-order valence-corrected chi connectivity index (χ0v) is 8.54. The van der Waals surface area contributed by atoms with Gasteiger partial charge in [0, 0.05) is 12.1 Å². The SMILES string of the molecule is Cc1cc([N+](=O)[O-])cc2nc(C#N)sc12. The van der Waals surface area contributed by atoms with Gasteiger partial charge in [0.15, 0.2) is 5.01 Å². The van der Waals surface area contributed by atoms with E-state index in [-0.39, 0.29) is 5.69 Å². The second-order valence-electron chi connectivity index (χ2n) is 3.00. The van der Waals surface area contributed by atoms with E-state index in [4.69, 9.17) is 5.26 Å². The molecule has 0 N–H and O–H groups in total. The number of hydrogen-bond acceptors (Lipinski definition) is 5. The molecule has 1 heterocycles. The highest BCUT2D eigenvalue weighted by Gasteiger charge is 2.12. The summed E-state index contributed by atoms with van der Waals surface area (Å²) < 4.78 is 0.831. The fourth-order valence-corrected chi connectivity index (χ4v) is 2.15. The number of rotatable bonds is 1. The van der Waals surface area contributed by atoms with Crippen molar-refractivity contribution < 1.29 is 4.92 Å². The highest BCUT2D eigenvalue weighted by Crippen LogP contribution is 2.29. The quantitative estimate of drug-likeness (QED) is 0.544. The van der Waals surface area contributed by atoms with Crippen molar-refractivity contribution in [3.05, 3.63) is 32.8 Å². The summed E-state index contributed by atoms with van der Waals surface area (Å²) in [7, 11) is 0. The molecule has 0 saturated heterocycles. The van der Waals surface area contributed by atoms with Gasteiger partial charge < -0.3 is 0 Å². The van der Waals surface area contributed by atoms with Crippen LogP contribution in [0.5, 0.6) is 0 Å². The highest BCUT2D eigenvalue weighted by atomic mass is 32.1. The van der Waals surface area contributed by atoms with Crippen LogP contribution in [0.1, 0.15) is 10.6 Å². The van der Waals surface area contributed by atoms with Gasteiger partial charge in [-0.05, 0) is 12.5 Å². The molecule has 0 aliphatic carbocycles. The fraction of sp³-hybridized carbons (Fsp3) is 0.111. The first-order chi connectivity index (χ1) is 7.11. The molecule has 0 fully saturated rings. The minimum Gasteiger partial charge on any atom is -0.258 e. The summed E-state index contributed by atoms with van der Waals surface area (Å²) in [6.07, 6.45) is 0. The minimum absolute atomic E-state index is 0.00906. The molecule has 1 aromatic carbocycles. The number of aryl methyl sites for hydroxylation is 1. The summed E-state index contributed by atoms with van der Waals surface area (Å²) in [4.78, 5) is 14.1. The number of nitro benzene ring substituents is 1. The van der Waals surface area contributed by atoms with Crippen molar-refractivity contribution in [3.63, 3.8) is 0 Å². The van der Waals surface area contributed by atoms with Crippen molar-refractivity contribution in [2.24, 2.45) is 0 Å². The Kier molecular flexibility index (Phi) is 2.10. The molecule has 15 heavy (non-hydrogen) atoms. The molecule has 2 aromatic rings. The maximum absolute atomic E-state index is 10.6. The van der Waals surface area contributed by atoms with Crippen LogP contribution < -0.4 is 0 Å². The monoisotopic (exact) mass is 219 g/mol. The van der Waals surface area contributed by atoms with E-state index in [2.05, 4.69) is 4.98 Å². The van der Waals surface area contributed by atoms with E-state index in [0.717, 1.165) is 10.3 Å². The van der Waals surface area contributed by atoms with Crippen LogP contribution in [0.3, 0.4) is 0 Å². The minimum atomic E-state index is -0.460. The molecule has 0 saturated carbocycles. The van der Waals surface area contributed by atoms with Crippen LogP contribution in [0, 0.1) is 28.4 Å². The van der Waals surface area contributed by atoms with Gasteiger partial charge in [0.2, 0.25) is 0 Å². The summed E-state index contributed by atoms with van der Waals surface area (Å²) in [5, 5.41) is 19.6. The van der Waals surface area contributed by atoms with E-state index in [1.807, 2.05) is 6.07 Å². The average molecular weight is 219 g/mol. The molecule has 0 atom stereocenters. The third-order valence-electron chi connectivity index (χ3n) is 1.97. The number of thiazole rings is 1. The molecule has 1 aromatic heterocycles. The van der Waals surface area contributed by atoms with Crippen molar-refractivity contribution in [3.8, 4) is 6.07 Å². The number of fused-ring (bicyclic) bond motifs is 1. The van der Waals surface area contributed by atoms with Crippen LogP contribution in [-0.2, 0) is 0 Å². The van der Waals surface area contributed by atoms with Crippen molar-refractivity contribution >= 4 is 27.2 Å². The number of hydrogen-bond donors (Lipinski definition) is 0. The van der Waals surface area contributed by atoms with Crippen molar-refractivity contribution in [1.29, 1.82) is 5.26 Å². The largest absolute Gasteiger partial charge is 0.271 e. The lowest BCUT2D eigenvalue weighted by molar-refractivity contribution is -0.384. The van der Waals surface area contributed by atoms with Crippen molar-refractivity contribution in [2.45, 2.75) is 6.92 Å². The summed E-state index contributed by atoms with van der Waals surface area (Å²) in [5.41, 5.74) is 1.30. The number of nitriles is 1. The molecule has 0 bridgehead atoms. The van der Waals surface area contributed by atoms with Crippen LogP contribution in [0.4, 0.5) is 5.69 Å². The van der Waals surface area contributed by atoms with Gasteiger partial charge in [0.1, 0.15) is 6.07 Å². The van der Waals surface area contributed by atoms with Crippen LogP contribution in [0.15, 0.2) is 12.1 Å². The van der Waals surface area contributed by atoms with E-state index < -0.39 is 4.92 Å². The Balaban J connectivity index is 2.77. The zero-order chi connectivity index (χ0) is 11.0. The molecule has 0 aliphatic heterocycles. The molecular weight excluding hydrogens is 214 g/mol. The zero-order valence-electron chi connectivity index (χ0n) is 7.72. The van der Waals surface area contributed by atoms with Crippen molar-refractivity contribution in [2.75, 3.05) is 0 Å². The summed E-state index contributed by atoms with van der Waals surface area (Å²) >= 11 is 1.25. The first-order valence-electron chi connectivity index (χ1n) is 4.07. The maximum atomic E-state index is 10.6. The average Bonchev–Trinajstić information content (AvgIpc) is 2.61. The van der Waals surface area contributed by atoms with E-state index >= 15 is 0 Å². The standard InChI is InChI=1S/C9H5N3O2S/c1-5-2-6(12(13)14)3-7-9(5)15-8(4-10)11-7/h2-3H,1H3. The van der Waals surface area contributed by atoms with Crippen molar-refractivity contribution in [1.82, 2.24) is 4.98 Å². The Morgan fingerprint density at radius 3 is 2.93 bits per heavy atom. The molecule has 0 spiro atoms. The first kappa shape index (κ1) is 9.55. The molecular formula is C9H5N3O2S. The Morgan fingerprint density at radius 2 is 2.33 bits per heavy atom. The van der Waals surface area contributed by atoms with E-state index in [0.29, 0.717) is 10.5 Å². The summed E-state index contributed by atoms with van der Waals surface area (Å²) in [6.45, 7) is 1.77. The summed E-state index contributed by atoms with van der Waals surface area (Å²) in [6, 6.07) is 4.81. The molecule has 0 unspecified atom stereocenters. The van der Waals surface area contributed by atoms with Crippen LogP contribution in [0.25, 0.3) is 10.2 Å². The smallest absolute Gasteiger partial charge is 0.258 e. The van der Waals surface area contributed by atoms with Crippen LogP contribution >= 0.6 is 11.3 Å². The third kappa shape index (κ3) is 1.53.